The molecule has 0 unspecified atom stereocenters. The molecule has 2 rings (SSSR count). The molecule has 0 saturated carbocycles. The summed E-state index contributed by atoms with van der Waals surface area (Å²) < 4.78 is 5.09. The van der Waals surface area contributed by atoms with Crippen LogP contribution in [0, 0.1) is 0 Å². The van der Waals surface area contributed by atoms with Crippen molar-refractivity contribution in [1.29, 1.82) is 0 Å². The molecule has 5 heteroatoms. The first-order valence-electron chi connectivity index (χ1n) is 5.61. The third-order valence-corrected chi connectivity index (χ3v) is 2.71. The molecule has 1 saturated heterocycles. The Morgan fingerprint density at radius 2 is 1.93 bits per heavy atom. The van der Waals surface area contributed by atoms with Gasteiger partial charge in [-0.2, -0.15) is 4.98 Å². The monoisotopic (exact) mass is 210 g/mol. The van der Waals surface area contributed by atoms with Crippen molar-refractivity contribution in [2.45, 2.75) is 38.6 Å². The van der Waals surface area contributed by atoms with Crippen molar-refractivity contribution in [1.82, 2.24) is 10.1 Å². The van der Waals surface area contributed by atoms with E-state index in [2.05, 4.69) is 15.0 Å². The summed E-state index contributed by atoms with van der Waals surface area (Å²) in [5.74, 6) is 1.22. The highest BCUT2D eigenvalue weighted by Crippen LogP contribution is 2.17. The van der Waals surface area contributed by atoms with Gasteiger partial charge in [0.1, 0.15) is 0 Å². The fourth-order valence-corrected chi connectivity index (χ4v) is 1.81. The third kappa shape index (κ3) is 2.47. The van der Waals surface area contributed by atoms with Gasteiger partial charge < -0.3 is 15.2 Å². The smallest absolute Gasteiger partial charge is 0.266 e. The van der Waals surface area contributed by atoms with Crippen LogP contribution in [0.1, 0.15) is 44.5 Å². The van der Waals surface area contributed by atoms with Crippen molar-refractivity contribution in [2.24, 2.45) is 5.73 Å². The largest absolute Gasteiger partial charge is 0.338 e. The summed E-state index contributed by atoms with van der Waals surface area (Å²) in [7, 11) is 0. The quantitative estimate of drug-likeness (QED) is 0.800. The fourth-order valence-electron chi connectivity index (χ4n) is 1.81. The zero-order chi connectivity index (χ0) is 10.7. The Kier molecular flexibility index (Phi) is 3.20. The average molecular weight is 210 g/mol. The Morgan fingerprint density at radius 1 is 1.27 bits per heavy atom. The minimum absolute atomic E-state index is 0.182. The summed E-state index contributed by atoms with van der Waals surface area (Å²) in [4.78, 5) is 6.48. The van der Waals surface area contributed by atoms with Crippen LogP contribution in [0.15, 0.2) is 4.52 Å². The summed E-state index contributed by atoms with van der Waals surface area (Å²) >= 11 is 0. The maximum atomic E-state index is 5.67. The molecule has 0 amide bonds. The van der Waals surface area contributed by atoms with Crippen molar-refractivity contribution < 1.29 is 4.52 Å². The average Bonchev–Trinajstić information content (AvgIpc) is 2.55. The summed E-state index contributed by atoms with van der Waals surface area (Å²) in [6.07, 6.45) is 5.02. The van der Waals surface area contributed by atoms with E-state index >= 15 is 0 Å². The maximum Gasteiger partial charge on any atom is 0.266 e. The molecule has 84 valence electrons. The summed E-state index contributed by atoms with van der Waals surface area (Å²) in [5, 5.41) is 3.96. The molecular formula is C10H18N4O. The number of hydrogen-bond acceptors (Lipinski definition) is 5. The minimum Gasteiger partial charge on any atom is -0.338 e. The second-order valence-electron chi connectivity index (χ2n) is 4.12. The maximum absolute atomic E-state index is 5.67. The van der Waals surface area contributed by atoms with Gasteiger partial charge in [0.05, 0.1) is 6.04 Å². The van der Waals surface area contributed by atoms with Crippen LogP contribution in [0.2, 0.25) is 0 Å². The summed E-state index contributed by atoms with van der Waals surface area (Å²) in [6.45, 7) is 3.90. The van der Waals surface area contributed by atoms with E-state index in [9.17, 15) is 0 Å². The molecule has 2 N–H and O–H groups in total. The fraction of sp³-hybridized carbons (Fsp3) is 0.800. The second kappa shape index (κ2) is 4.61. The number of nitrogens with two attached hydrogens (primary N) is 1. The molecule has 2 heterocycles. The van der Waals surface area contributed by atoms with Gasteiger partial charge in [0, 0.05) is 13.1 Å². The van der Waals surface area contributed by atoms with E-state index in [1.165, 1.54) is 25.7 Å². The lowest BCUT2D eigenvalue weighted by atomic mass is 10.2. The summed E-state index contributed by atoms with van der Waals surface area (Å²) in [6, 6.07) is -0.182. The predicted octanol–water partition coefficient (Wildman–Crippen LogP) is 1.47. The molecule has 15 heavy (non-hydrogen) atoms. The molecule has 0 aliphatic carbocycles. The molecule has 0 bridgehead atoms. The van der Waals surface area contributed by atoms with Crippen molar-refractivity contribution >= 4 is 5.95 Å². The van der Waals surface area contributed by atoms with Crippen molar-refractivity contribution in [3.63, 3.8) is 0 Å². The van der Waals surface area contributed by atoms with Crippen LogP contribution in [-0.2, 0) is 0 Å². The molecule has 1 aromatic rings. The zero-order valence-electron chi connectivity index (χ0n) is 9.15. The Hall–Kier alpha value is -1.10. The molecule has 1 atom stereocenters. The lowest BCUT2D eigenvalue weighted by Gasteiger charge is -2.16. The number of rotatable bonds is 2. The molecule has 0 radical (unpaired) electrons. The van der Waals surface area contributed by atoms with Gasteiger partial charge in [-0.1, -0.05) is 12.8 Å². The van der Waals surface area contributed by atoms with E-state index in [0.29, 0.717) is 11.8 Å². The van der Waals surface area contributed by atoms with Gasteiger partial charge in [0.15, 0.2) is 0 Å². The Bertz CT molecular complexity index is 302. The predicted molar refractivity (Wildman–Crippen MR) is 57.6 cm³/mol. The molecule has 0 aromatic carbocycles. The number of hydrogen-bond donors (Lipinski definition) is 1. The van der Waals surface area contributed by atoms with E-state index in [0.717, 1.165) is 13.1 Å². The van der Waals surface area contributed by atoms with E-state index in [4.69, 9.17) is 10.3 Å². The summed E-state index contributed by atoms with van der Waals surface area (Å²) in [5.41, 5.74) is 5.67. The van der Waals surface area contributed by atoms with Crippen LogP contribution in [0.3, 0.4) is 0 Å². The SMILES string of the molecule is C[C@H](N)c1nc(N2CCCCCC2)no1. The van der Waals surface area contributed by atoms with E-state index in [-0.39, 0.29) is 6.04 Å². The number of aromatic nitrogens is 2. The van der Waals surface area contributed by atoms with Gasteiger partial charge in [-0.25, -0.2) is 0 Å². The molecule has 1 fully saturated rings. The van der Waals surface area contributed by atoms with Crippen molar-refractivity contribution in [2.75, 3.05) is 18.0 Å². The first-order chi connectivity index (χ1) is 7.27. The molecule has 5 nitrogen and oxygen atoms in total. The highest BCUT2D eigenvalue weighted by Gasteiger charge is 2.17. The Balaban J connectivity index is 2.06. The van der Waals surface area contributed by atoms with Gasteiger partial charge in [-0.3, -0.25) is 0 Å². The molecule has 1 aromatic heterocycles. The van der Waals surface area contributed by atoms with Crippen molar-refractivity contribution in [3.05, 3.63) is 5.89 Å². The van der Waals surface area contributed by atoms with E-state index in [1.807, 2.05) is 6.92 Å². The number of anilines is 1. The molecular weight excluding hydrogens is 192 g/mol. The van der Waals surface area contributed by atoms with Crippen LogP contribution in [0.5, 0.6) is 0 Å². The minimum atomic E-state index is -0.182. The van der Waals surface area contributed by atoms with E-state index in [1.54, 1.807) is 0 Å². The molecule has 0 spiro atoms. The highest BCUT2D eigenvalue weighted by molar-refractivity contribution is 5.27. The van der Waals surface area contributed by atoms with Crippen LogP contribution in [0.4, 0.5) is 5.95 Å². The topological polar surface area (TPSA) is 68.2 Å². The van der Waals surface area contributed by atoms with Crippen molar-refractivity contribution in [3.8, 4) is 0 Å². The normalized spacial score (nSPS) is 20.0. The van der Waals surface area contributed by atoms with Gasteiger partial charge in [-0.15, -0.1) is 0 Å². The Morgan fingerprint density at radius 3 is 2.47 bits per heavy atom. The first kappa shape index (κ1) is 10.4. The van der Waals surface area contributed by atoms with E-state index < -0.39 is 0 Å². The van der Waals surface area contributed by atoms with Crippen LogP contribution in [0.25, 0.3) is 0 Å². The van der Waals surface area contributed by atoms with Crippen LogP contribution < -0.4 is 10.6 Å². The van der Waals surface area contributed by atoms with Crippen LogP contribution >= 0.6 is 0 Å². The third-order valence-electron chi connectivity index (χ3n) is 2.71. The molecule has 1 aliphatic rings. The molecule has 1 aliphatic heterocycles. The lowest BCUT2D eigenvalue weighted by molar-refractivity contribution is 0.360. The zero-order valence-corrected chi connectivity index (χ0v) is 9.15. The standard InChI is InChI=1S/C10H18N4O/c1-8(11)9-12-10(13-15-9)14-6-4-2-3-5-7-14/h8H,2-7,11H2,1H3/t8-/m0/s1. The first-order valence-corrected chi connectivity index (χ1v) is 5.61. The van der Waals surface area contributed by atoms with Gasteiger partial charge in [0.25, 0.3) is 5.95 Å². The van der Waals surface area contributed by atoms with Gasteiger partial charge in [-0.05, 0) is 24.9 Å². The second-order valence-corrected chi connectivity index (χ2v) is 4.12. The van der Waals surface area contributed by atoms with Crippen LogP contribution in [-0.4, -0.2) is 23.2 Å². The highest BCUT2D eigenvalue weighted by atomic mass is 16.5. The lowest BCUT2D eigenvalue weighted by Crippen LogP contribution is -2.25. The Labute approximate surface area is 89.6 Å². The number of nitrogens with zero attached hydrogens (tertiary/aromatic N) is 3. The van der Waals surface area contributed by atoms with Gasteiger partial charge >= 0.3 is 0 Å². The van der Waals surface area contributed by atoms with Gasteiger partial charge in [0.2, 0.25) is 5.89 Å².